The second-order valence-corrected chi connectivity index (χ2v) is 8.74. The minimum Gasteiger partial charge on any atom is -0.487 e. The van der Waals surface area contributed by atoms with E-state index in [1.807, 2.05) is 0 Å². The average Bonchev–Trinajstić information content (AvgIpc) is 3.09. The lowest BCUT2D eigenvalue weighted by molar-refractivity contribution is 0.0863. The van der Waals surface area contributed by atoms with Gasteiger partial charge in [-0.25, -0.2) is 0 Å². The quantitative estimate of drug-likeness (QED) is 0.812. The van der Waals surface area contributed by atoms with E-state index in [9.17, 15) is 0 Å². The van der Waals surface area contributed by atoms with Crippen molar-refractivity contribution in [2.24, 2.45) is 0 Å². The van der Waals surface area contributed by atoms with Crippen molar-refractivity contribution in [3.63, 3.8) is 0 Å². The molecule has 4 rings (SSSR count). The second kappa shape index (κ2) is 7.32. The van der Waals surface area contributed by atoms with Gasteiger partial charge in [-0.05, 0) is 62.9 Å². The van der Waals surface area contributed by atoms with Gasteiger partial charge in [0.1, 0.15) is 11.4 Å². The van der Waals surface area contributed by atoms with E-state index in [4.69, 9.17) is 10.5 Å². The summed E-state index contributed by atoms with van der Waals surface area (Å²) in [6, 6.07) is 10.7. The lowest BCUT2D eigenvalue weighted by Gasteiger charge is -2.37. The van der Waals surface area contributed by atoms with Crippen molar-refractivity contribution >= 4 is 11.4 Å². The van der Waals surface area contributed by atoms with Crippen LogP contribution in [0.4, 0.5) is 11.4 Å². The molecule has 0 aliphatic carbocycles. The van der Waals surface area contributed by atoms with E-state index in [2.05, 4.69) is 67.8 Å². The summed E-state index contributed by atoms with van der Waals surface area (Å²) in [6.45, 7) is 14.1. The fourth-order valence-electron chi connectivity index (χ4n) is 4.62. The summed E-state index contributed by atoms with van der Waals surface area (Å²) in [4.78, 5) is 5.06. The Kier molecular flexibility index (Phi) is 5.00. The molecule has 0 bridgehead atoms. The van der Waals surface area contributed by atoms with Crippen LogP contribution in [0.25, 0.3) is 0 Å². The van der Waals surface area contributed by atoms with Gasteiger partial charge in [0.2, 0.25) is 0 Å². The van der Waals surface area contributed by atoms with Gasteiger partial charge in [-0.2, -0.15) is 0 Å². The maximum Gasteiger partial charge on any atom is 0.127 e. The molecule has 0 spiro atoms. The molecule has 1 unspecified atom stereocenters. The molecule has 2 heterocycles. The number of benzene rings is 2. The summed E-state index contributed by atoms with van der Waals surface area (Å²) in [7, 11) is 0. The predicted molar refractivity (Wildman–Crippen MR) is 118 cm³/mol. The van der Waals surface area contributed by atoms with Crippen molar-refractivity contribution < 1.29 is 4.74 Å². The first-order valence-electron chi connectivity index (χ1n) is 10.5. The molecule has 0 aromatic heterocycles. The van der Waals surface area contributed by atoms with E-state index in [1.165, 1.54) is 22.4 Å². The van der Waals surface area contributed by atoms with Gasteiger partial charge < -0.3 is 15.4 Å². The normalized spacial score (nSPS) is 22.2. The Morgan fingerprint density at radius 3 is 2.32 bits per heavy atom. The Balaban J connectivity index is 1.36. The molecular weight excluding hydrogens is 346 g/mol. The van der Waals surface area contributed by atoms with Crippen molar-refractivity contribution in [2.75, 3.05) is 43.4 Å². The van der Waals surface area contributed by atoms with E-state index >= 15 is 0 Å². The van der Waals surface area contributed by atoms with E-state index in [0.29, 0.717) is 0 Å². The first-order chi connectivity index (χ1) is 13.4. The highest BCUT2D eigenvalue weighted by molar-refractivity contribution is 5.66. The average molecular weight is 380 g/mol. The smallest absolute Gasteiger partial charge is 0.127 e. The van der Waals surface area contributed by atoms with Gasteiger partial charge in [-0.1, -0.05) is 18.2 Å². The number of piperazine rings is 1. The second-order valence-electron chi connectivity index (χ2n) is 8.74. The van der Waals surface area contributed by atoms with E-state index in [0.717, 1.165) is 62.6 Å². The summed E-state index contributed by atoms with van der Waals surface area (Å²) in [5.74, 6) is 1.08. The Bertz CT molecular complexity index is 817. The van der Waals surface area contributed by atoms with Crippen LogP contribution in [0.15, 0.2) is 30.3 Å². The van der Waals surface area contributed by atoms with Crippen molar-refractivity contribution in [3.05, 3.63) is 52.6 Å². The zero-order valence-electron chi connectivity index (χ0n) is 17.7. The Morgan fingerprint density at radius 2 is 1.64 bits per heavy atom. The number of anilines is 2. The first kappa shape index (κ1) is 19.1. The molecule has 0 saturated carbocycles. The summed E-state index contributed by atoms with van der Waals surface area (Å²) in [6.07, 6.45) is 2.01. The first-order valence-corrected chi connectivity index (χ1v) is 10.5. The fraction of sp³-hybridized carbons (Fsp3) is 0.500. The summed E-state index contributed by atoms with van der Waals surface area (Å²) >= 11 is 0. The van der Waals surface area contributed by atoms with Gasteiger partial charge >= 0.3 is 0 Å². The summed E-state index contributed by atoms with van der Waals surface area (Å²) in [5, 5.41) is 0. The maximum absolute atomic E-state index is 6.53. The molecule has 2 aromatic carbocycles. The van der Waals surface area contributed by atoms with Crippen molar-refractivity contribution in [1.29, 1.82) is 0 Å². The zero-order chi connectivity index (χ0) is 19.9. The van der Waals surface area contributed by atoms with Crippen LogP contribution in [0.2, 0.25) is 0 Å². The molecule has 2 aromatic rings. The predicted octanol–water partition coefficient (Wildman–Crippen LogP) is 4.10. The van der Waals surface area contributed by atoms with Gasteiger partial charge in [-0.15, -0.1) is 0 Å². The third-order valence-corrected chi connectivity index (χ3v) is 6.79. The number of rotatable bonds is 4. The highest BCUT2D eigenvalue weighted by Crippen LogP contribution is 2.44. The molecule has 0 radical (unpaired) electrons. The molecule has 1 saturated heterocycles. The van der Waals surface area contributed by atoms with Gasteiger partial charge in [0.15, 0.2) is 0 Å². The van der Waals surface area contributed by atoms with Gasteiger partial charge in [0.05, 0.1) is 0 Å². The third-order valence-electron chi connectivity index (χ3n) is 6.79. The topological polar surface area (TPSA) is 41.7 Å². The van der Waals surface area contributed by atoms with E-state index < -0.39 is 0 Å². The van der Waals surface area contributed by atoms with Crippen LogP contribution in [-0.2, 0) is 6.42 Å². The molecule has 1 atom stereocenters. The van der Waals surface area contributed by atoms with Crippen molar-refractivity contribution in [3.8, 4) is 5.75 Å². The minimum atomic E-state index is -0.130. The molecule has 150 valence electrons. The molecule has 0 amide bonds. The standard InChI is InChI=1S/C24H33N3O/c1-17-18(2)23-21(19(3)22(17)25)16-24(4,28-23)10-11-26-12-14-27(15-13-26)20-8-6-5-7-9-20/h5-9H,10-16,25H2,1-4H3. The van der Waals surface area contributed by atoms with Crippen molar-refractivity contribution in [2.45, 2.75) is 46.1 Å². The minimum absolute atomic E-state index is 0.130. The number of para-hydroxylation sites is 1. The number of hydrogen-bond acceptors (Lipinski definition) is 4. The third kappa shape index (κ3) is 3.46. The number of ether oxygens (including phenoxy) is 1. The summed E-state index contributed by atoms with van der Waals surface area (Å²) < 4.78 is 6.53. The molecule has 4 nitrogen and oxygen atoms in total. The van der Waals surface area contributed by atoms with Gasteiger partial charge in [-0.3, -0.25) is 4.90 Å². The number of fused-ring (bicyclic) bond motifs is 1. The van der Waals surface area contributed by atoms with Crippen LogP contribution >= 0.6 is 0 Å². The van der Waals surface area contributed by atoms with Crippen LogP contribution in [-0.4, -0.2) is 43.2 Å². The number of hydrogen-bond donors (Lipinski definition) is 1. The molecule has 2 aliphatic heterocycles. The molecule has 2 N–H and O–H groups in total. The summed E-state index contributed by atoms with van der Waals surface area (Å²) in [5.41, 5.74) is 13.4. The highest BCUT2D eigenvalue weighted by atomic mass is 16.5. The molecule has 1 fully saturated rings. The van der Waals surface area contributed by atoms with Crippen LogP contribution < -0.4 is 15.4 Å². The fourth-order valence-corrected chi connectivity index (χ4v) is 4.62. The Labute approximate surface area is 169 Å². The Hall–Kier alpha value is -2.20. The highest BCUT2D eigenvalue weighted by Gasteiger charge is 2.38. The molecular formula is C24H33N3O. The Morgan fingerprint density at radius 1 is 0.964 bits per heavy atom. The maximum atomic E-state index is 6.53. The monoisotopic (exact) mass is 379 g/mol. The molecule has 28 heavy (non-hydrogen) atoms. The van der Waals surface area contributed by atoms with Gasteiger partial charge in [0, 0.05) is 56.1 Å². The van der Waals surface area contributed by atoms with E-state index in [-0.39, 0.29) is 5.60 Å². The largest absolute Gasteiger partial charge is 0.487 e. The molecule has 4 heteroatoms. The lowest BCUT2D eigenvalue weighted by Crippen LogP contribution is -2.48. The number of nitrogens with two attached hydrogens (primary N) is 1. The van der Waals surface area contributed by atoms with Crippen LogP contribution in [0.5, 0.6) is 5.75 Å². The number of nitrogen functional groups attached to an aromatic ring is 1. The lowest BCUT2D eigenvalue weighted by atomic mass is 9.90. The zero-order valence-corrected chi connectivity index (χ0v) is 17.7. The van der Waals surface area contributed by atoms with Crippen LogP contribution in [0, 0.1) is 20.8 Å². The molecule has 2 aliphatic rings. The van der Waals surface area contributed by atoms with Crippen LogP contribution in [0.1, 0.15) is 35.6 Å². The van der Waals surface area contributed by atoms with Crippen molar-refractivity contribution in [1.82, 2.24) is 4.90 Å². The van der Waals surface area contributed by atoms with Gasteiger partial charge in [0.25, 0.3) is 0 Å². The SMILES string of the molecule is Cc1c(C)c2c(c(C)c1N)CC(C)(CCN1CCN(c3ccccc3)CC1)O2. The van der Waals surface area contributed by atoms with Crippen LogP contribution in [0.3, 0.4) is 0 Å². The number of nitrogens with zero attached hydrogens (tertiary/aromatic N) is 2. The van der Waals surface area contributed by atoms with E-state index in [1.54, 1.807) is 0 Å².